The van der Waals surface area contributed by atoms with Crippen LogP contribution in [0.1, 0.15) is 0 Å². The molecule has 0 aromatic heterocycles. The minimum atomic E-state index is 1.18. The second kappa shape index (κ2) is 34.6. The molecule has 26 aromatic rings. The van der Waals surface area contributed by atoms with Crippen molar-refractivity contribution in [1.82, 2.24) is 0 Å². The fourth-order valence-corrected chi connectivity index (χ4v) is 21.7. The number of hydrogen-bond donors (Lipinski definition) is 0. The van der Waals surface area contributed by atoms with E-state index in [9.17, 15) is 0 Å². The fraction of sp³-hybridized carbons (Fsp3) is 0. The van der Waals surface area contributed by atoms with Gasteiger partial charge in [-0.25, -0.2) is 0 Å². The van der Waals surface area contributed by atoms with Gasteiger partial charge in [0.2, 0.25) is 0 Å². The van der Waals surface area contributed by atoms with E-state index in [1.165, 1.54) is 264 Å². The van der Waals surface area contributed by atoms with Crippen LogP contribution in [0.15, 0.2) is 534 Å². The first kappa shape index (κ1) is 80.4. The lowest BCUT2D eigenvalue weighted by molar-refractivity contribution is 1.60. The molecular formula is C136H88. The zero-order valence-electron chi connectivity index (χ0n) is 74.8. The summed E-state index contributed by atoms with van der Waals surface area (Å²) in [5.41, 5.74) is 34.3. The molecule has 632 valence electrons. The van der Waals surface area contributed by atoms with E-state index in [4.69, 9.17) is 0 Å². The first-order valence-electron chi connectivity index (χ1n) is 47.1. The molecule has 0 aliphatic heterocycles. The third-order valence-corrected chi connectivity index (χ3v) is 28.1. The Bertz CT molecular complexity index is 8970. The Hall–Kier alpha value is -17.7. The number of benzene rings is 26. The zero-order valence-corrected chi connectivity index (χ0v) is 74.8. The Morgan fingerprint density at radius 2 is 0.257 bits per heavy atom. The highest BCUT2D eigenvalue weighted by atomic mass is 14.3. The van der Waals surface area contributed by atoms with E-state index in [1.54, 1.807) is 0 Å². The zero-order chi connectivity index (χ0) is 89.9. The average Bonchev–Trinajstić information content (AvgIpc) is 0.748. The summed E-state index contributed by atoms with van der Waals surface area (Å²) in [6.07, 6.45) is 0. The number of hydrogen-bond acceptors (Lipinski definition) is 0. The summed E-state index contributed by atoms with van der Waals surface area (Å²) in [5, 5.41) is 25.0. The van der Waals surface area contributed by atoms with Crippen LogP contribution in [0.25, 0.3) is 264 Å². The lowest BCUT2D eigenvalue weighted by Gasteiger charge is -2.20. The molecule has 0 heteroatoms. The maximum atomic E-state index is 2.43. The van der Waals surface area contributed by atoms with Gasteiger partial charge in [-0.05, 0) is 282 Å². The first-order valence-corrected chi connectivity index (χ1v) is 47.1. The van der Waals surface area contributed by atoms with Crippen molar-refractivity contribution >= 4 is 108 Å². The van der Waals surface area contributed by atoms with E-state index in [2.05, 4.69) is 534 Å². The van der Waals surface area contributed by atoms with Crippen LogP contribution in [0.5, 0.6) is 0 Å². The monoisotopic (exact) mass is 1720 g/mol. The maximum Gasteiger partial charge on any atom is -0.00201 e. The summed E-state index contributed by atoms with van der Waals surface area (Å²) in [7, 11) is 0. The van der Waals surface area contributed by atoms with Crippen LogP contribution in [-0.2, 0) is 0 Å². The SMILES string of the molecule is c1ccc(-c2ccc(-c3c4ccccc4c(-c4ccc(-c5ccccc5)cc4)c4cc(-c5ccc(-c6c7ccccc7c(-c7ccc8ccccc8c7)c7ccccc67)cc5)ccc34)cc2)cc1.c1ccc(-c2ccc(-c3c4ccccc4c(-c4ccc(-c5ccccc5)cc4)c4cc(-c5ccc(-c6c7ccccc7c(-c7cccc8ccccc78)c7ccccc67)cc5)ccc34)cc2)cc1. The van der Waals surface area contributed by atoms with E-state index < -0.39 is 0 Å². The summed E-state index contributed by atoms with van der Waals surface area (Å²) >= 11 is 0. The molecule has 0 N–H and O–H groups in total. The van der Waals surface area contributed by atoms with Crippen molar-refractivity contribution in [2.45, 2.75) is 0 Å². The summed E-state index contributed by atoms with van der Waals surface area (Å²) < 4.78 is 0. The van der Waals surface area contributed by atoms with Crippen molar-refractivity contribution in [2.75, 3.05) is 0 Å². The topological polar surface area (TPSA) is 0 Å². The molecule has 136 heavy (non-hydrogen) atoms. The molecule has 0 nitrogen and oxygen atoms in total. The van der Waals surface area contributed by atoms with Gasteiger partial charge in [0.1, 0.15) is 0 Å². The molecule has 0 saturated carbocycles. The molecule has 0 unspecified atom stereocenters. The minimum absolute atomic E-state index is 1.18. The molecule has 26 rings (SSSR count). The van der Waals surface area contributed by atoms with E-state index >= 15 is 0 Å². The van der Waals surface area contributed by atoms with Gasteiger partial charge in [-0.1, -0.05) is 516 Å². The van der Waals surface area contributed by atoms with E-state index in [1.807, 2.05) is 0 Å². The van der Waals surface area contributed by atoms with Gasteiger partial charge in [0, 0.05) is 0 Å². The molecule has 0 aliphatic carbocycles. The van der Waals surface area contributed by atoms with Crippen molar-refractivity contribution in [3.63, 3.8) is 0 Å². The third kappa shape index (κ3) is 14.4. The Labute approximate surface area is 791 Å². The van der Waals surface area contributed by atoms with Crippen LogP contribution in [0.2, 0.25) is 0 Å². The first-order chi connectivity index (χ1) is 67.5. The Kier molecular flexibility index (Phi) is 20.4. The van der Waals surface area contributed by atoms with Crippen molar-refractivity contribution in [1.29, 1.82) is 0 Å². The largest absolute Gasteiger partial charge is 0.0622 e. The Balaban J connectivity index is 0.000000145. The Morgan fingerprint density at radius 3 is 0.551 bits per heavy atom. The molecule has 26 aromatic carbocycles. The summed E-state index contributed by atoms with van der Waals surface area (Å²) in [6, 6.07) is 197. The predicted molar refractivity (Wildman–Crippen MR) is 584 cm³/mol. The average molecular weight is 1720 g/mol. The van der Waals surface area contributed by atoms with Gasteiger partial charge < -0.3 is 0 Å². The lowest BCUT2D eigenvalue weighted by atomic mass is 9.83. The van der Waals surface area contributed by atoms with Crippen molar-refractivity contribution in [3.05, 3.63) is 534 Å². The van der Waals surface area contributed by atoms with Crippen LogP contribution in [0, 0.1) is 0 Å². The molecule has 0 spiro atoms. The van der Waals surface area contributed by atoms with Gasteiger partial charge in [0.25, 0.3) is 0 Å². The van der Waals surface area contributed by atoms with Crippen molar-refractivity contribution in [2.24, 2.45) is 0 Å². The van der Waals surface area contributed by atoms with Gasteiger partial charge in [0.05, 0.1) is 0 Å². The number of rotatable bonds is 14. The summed E-state index contributed by atoms with van der Waals surface area (Å²) in [6.45, 7) is 0. The maximum absolute atomic E-state index is 2.43. The van der Waals surface area contributed by atoms with E-state index in [0.29, 0.717) is 0 Å². The highest BCUT2D eigenvalue weighted by Crippen LogP contribution is 2.52. The molecule has 0 saturated heterocycles. The predicted octanol–water partition coefficient (Wildman–Crippen LogP) is 38.2. The lowest BCUT2D eigenvalue weighted by Crippen LogP contribution is -1.92. The molecule has 0 bridgehead atoms. The second-order valence-electron chi connectivity index (χ2n) is 35.8. The molecule has 0 amide bonds. The fourth-order valence-electron chi connectivity index (χ4n) is 21.7. The summed E-state index contributed by atoms with van der Waals surface area (Å²) in [5.74, 6) is 0. The molecular weight excluding hydrogens is 1630 g/mol. The van der Waals surface area contributed by atoms with Gasteiger partial charge in [-0.3, -0.25) is 0 Å². The third-order valence-electron chi connectivity index (χ3n) is 28.1. The van der Waals surface area contributed by atoms with Gasteiger partial charge in [0.15, 0.2) is 0 Å². The normalized spacial score (nSPS) is 11.5. The van der Waals surface area contributed by atoms with E-state index in [0.717, 1.165) is 0 Å². The second-order valence-corrected chi connectivity index (χ2v) is 35.8. The van der Waals surface area contributed by atoms with Crippen molar-refractivity contribution < 1.29 is 0 Å². The standard InChI is InChI=1S/2C68H44/c1-3-15-45(16-4-1)48-27-34-52(35-28-48)66-57-21-9-12-24-60(57)67(53-36-29-49(30-37-53)46-17-5-2-6-18-46)64-44-55(41-42-63(64)66)50-31-38-51(39-32-50)65-58-22-10-13-25-61(58)68(62-26-14-11-23-59(62)65)56-40-33-47-19-7-8-20-54(47)43-56;1-3-16-45(17-4-1)47-30-36-52(37-31-47)66-57-23-9-10-24-58(57)67(53-38-32-48(33-39-53)46-18-5-2-6-19-46)64-44-54(42-43-63(64)66)49-34-40-51(41-35-49)65-59-25-11-13-27-61(59)68(62-28-14-12-26-60(62)65)56-29-15-21-50-20-7-8-22-55(50)56/h2*1-44H. The smallest absolute Gasteiger partial charge is 0.00201 e. The molecule has 0 radical (unpaired) electrons. The molecule has 0 atom stereocenters. The molecule has 0 fully saturated rings. The Morgan fingerprint density at radius 1 is 0.0735 bits per heavy atom. The van der Waals surface area contributed by atoms with Crippen LogP contribution in [-0.4, -0.2) is 0 Å². The van der Waals surface area contributed by atoms with Gasteiger partial charge in [-0.2, -0.15) is 0 Å². The highest BCUT2D eigenvalue weighted by molar-refractivity contribution is 6.27. The van der Waals surface area contributed by atoms with E-state index in [-0.39, 0.29) is 0 Å². The summed E-state index contributed by atoms with van der Waals surface area (Å²) in [4.78, 5) is 0. The minimum Gasteiger partial charge on any atom is -0.0622 e. The quantitative estimate of drug-likeness (QED) is 0.0952. The molecule has 0 heterocycles. The van der Waals surface area contributed by atoms with Gasteiger partial charge in [-0.15, -0.1) is 0 Å². The van der Waals surface area contributed by atoms with Crippen LogP contribution in [0.4, 0.5) is 0 Å². The van der Waals surface area contributed by atoms with Crippen LogP contribution < -0.4 is 0 Å². The van der Waals surface area contributed by atoms with Crippen molar-refractivity contribution in [3.8, 4) is 156 Å². The van der Waals surface area contributed by atoms with Gasteiger partial charge >= 0.3 is 0 Å². The van der Waals surface area contributed by atoms with Crippen LogP contribution in [0.3, 0.4) is 0 Å². The number of fused-ring (bicyclic) bond motifs is 10. The van der Waals surface area contributed by atoms with Crippen LogP contribution >= 0.6 is 0 Å². The highest BCUT2D eigenvalue weighted by Gasteiger charge is 2.25. The molecule has 0 aliphatic rings.